The molecule has 0 saturated heterocycles. The second kappa shape index (κ2) is 11.3. The number of rotatable bonds is 6. The number of hydrogen-bond acceptors (Lipinski definition) is 4. The fourth-order valence-corrected chi connectivity index (χ4v) is 7.49. The van der Waals surface area contributed by atoms with Gasteiger partial charge in [0.15, 0.2) is 5.65 Å². The lowest BCUT2D eigenvalue weighted by Gasteiger charge is -2.22. The number of phenols is 1. The maximum atomic E-state index is 10.6. The second-order valence-corrected chi connectivity index (χ2v) is 17.5. The quantitative estimate of drug-likeness (QED) is 0.193. The molecule has 0 spiro atoms. The topological polar surface area (TPSA) is 63.8 Å². The summed E-state index contributed by atoms with van der Waals surface area (Å²) in [6.07, 6.45) is 3.93. The van der Waals surface area contributed by atoms with E-state index in [0.29, 0.717) is 11.4 Å². The second-order valence-electron chi connectivity index (χ2n) is 12.4. The number of imidazole rings is 1. The smallest absolute Gasteiger partial charge is 0.160 e. The number of aryl methyl sites for hydroxylation is 1. The number of pyridine rings is 2. The van der Waals surface area contributed by atoms with E-state index in [1.165, 1.54) is 16.3 Å². The Hall–Kier alpha value is -5.33. The van der Waals surface area contributed by atoms with Crippen molar-refractivity contribution in [2.45, 2.75) is 19.6 Å². The van der Waals surface area contributed by atoms with Crippen LogP contribution in [-0.2, 0) is 7.05 Å². The van der Waals surface area contributed by atoms with Crippen LogP contribution >= 0.6 is 0 Å². The summed E-state index contributed by atoms with van der Waals surface area (Å²) >= 11 is 0. The molecule has 4 aromatic carbocycles. The van der Waals surface area contributed by atoms with E-state index in [2.05, 4.69) is 105 Å². The van der Waals surface area contributed by atoms with Crippen LogP contribution in [0.15, 0.2) is 128 Å². The highest BCUT2D eigenvalue weighted by atomic mass is 28.3. The van der Waals surface area contributed by atoms with E-state index in [1.807, 2.05) is 48.1 Å². The summed E-state index contributed by atoms with van der Waals surface area (Å²) in [4.78, 5) is 14.8. The van der Waals surface area contributed by atoms with E-state index in [0.717, 1.165) is 44.7 Å². The van der Waals surface area contributed by atoms with Gasteiger partial charge in [-0.1, -0.05) is 92.4 Å². The molecule has 3 aromatic heterocycles. The maximum absolute atomic E-state index is 10.6. The van der Waals surface area contributed by atoms with Crippen LogP contribution in [0.3, 0.4) is 0 Å². The van der Waals surface area contributed by atoms with E-state index in [1.54, 1.807) is 6.07 Å². The van der Waals surface area contributed by atoms with Crippen LogP contribution in [0.5, 0.6) is 5.75 Å². The van der Waals surface area contributed by atoms with E-state index in [4.69, 9.17) is 15.0 Å². The zero-order valence-corrected chi connectivity index (χ0v) is 26.9. The molecule has 7 aromatic rings. The first-order chi connectivity index (χ1) is 21.8. The van der Waals surface area contributed by atoms with E-state index in [-0.39, 0.29) is 5.75 Å². The highest BCUT2D eigenvalue weighted by Crippen LogP contribution is 2.37. The van der Waals surface area contributed by atoms with Crippen LogP contribution in [0.2, 0.25) is 19.6 Å². The number of aromatic hydroxyl groups is 1. The number of para-hydroxylation sites is 1. The molecule has 0 fully saturated rings. The van der Waals surface area contributed by atoms with Crippen molar-refractivity contribution < 1.29 is 5.11 Å². The molecule has 0 saturated carbocycles. The average molecular weight is 603 g/mol. The molecule has 0 unspecified atom stereocenters. The van der Waals surface area contributed by atoms with Gasteiger partial charge in [0.2, 0.25) is 0 Å². The fourth-order valence-electron chi connectivity index (χ4n) is 6.01. The Labute approximate surface area is 264 Å². The van der Waals surface area contributed by atoms with Crippen molar-refractivity contribution in [2.75, 3.05) is 0 Å². The summed E-state index contributed by atoms with van der Waals surface area (Å²) in [7, 11) is 0.264. The van der Waals surface area contributed by atoms with Gasteiger partial charge in [0, 0.05) is 30.6 Å². The van der Waals surface area contributed by atoms with Gasteiger partial charge in [0.05, 0.1) is 19.3 Å². The predicted molar refractivity (Wildman–Crippen MR) is 188 cm³/mol. The highest BCUT2D eigenvalue weighted by Gasteiger charge is 2.23. The number of nitrogens with zero attached hydrogens (tertiary/aromatic N) is 4. The van der Waals surface area contributed by atoms with Gasteiger partial charge < -0.3 is 9.67 Å². The molecule has 7 rings (SSSR count). The first-order valence-electron chi connectivity index (χ1n) is 15.1. The van der Waals surface area contributed by atoms with Crippen LogP contribution in [0.1, 0.15) is 0 Å². The van der Waals surface area contributed by atoms with E-state index >= 15 is 0 Å². The number of benzene rings is 4. The minimum Gasteiger partial charge on any atom is -0.507 e. The Morgan fingerprint density at radius 2 is 1.24 bits per heavy atom. The summed E-state index contributed by atoms with van der Waals surface area (Å²) in [6.45, 7) is 7.11. The minimum atomic E-state index is -1.68. The molecule has 0 aliphatic carbocycles. The van der Waals surface area contributed by atoms with Gasteiger partial charge >= 0.3 is 0 Å². The molecule has 6 heteroatoms. The molecule has 0 amide bonds. The Morgan fingerprint density at radius 1 is 0.600 bits per heavy atom. The van der Waals surface area contributed by atoms with Crippen LogP contribution < -0.4 is 5.19 Å². The normalized spacial score (nSPS) is 11.6. The molecule has 1 N–H and O–H groups in total. The molecular weight excluding hydrogens is 569 g/mol. The number of hydrogen-bond donors (Lipinski definition) is 1. The minimum absolute atomic E-state index is 0.188. The van der Waals surface area contributed by atoms with Crippen molar-refractivity contribution in [1.82, 2.24) is 19.5 Å². The van der Waals surface area contributed by atoms with Crippen molar-refractivity contribution in [3.8, 4) is 61.8 Å². The lowest BCUT2D eigenvalue weighted by Crippen LogP contribution is -2.39. The van der Waals surface area contributed by atoms with Gasteiger partial charge in [-0.05, 0) is 75.5 Å². The Balaban J connectivity index is 1.46. The SMILES string of the molecule is Cn1c(-c2ccccc2O)nc2c(-c3cc(-c4ccccc4)cc(-c4cc(-c5ccccc5)c([Si](C)(C)C)cn4)c3)ccnc21. The zero-order chi connectivity index (χ0) is 31.1. The summed E-state index contributed by atoms with van der Waals surface area (Å²) in [5.74, 6) is 0.853. The van der Waals surface area contributed by atoms with Crippen molar-refractivity contribution >= 4 is 24.4 Å². The number of phenolic OH excluding ortho intramolecular Hbond substituents is 1. The van der Waals surface area contributed by atoms with Crippen LogP contribution in [0, 0.1) is 0 Å². The summed E-state index contributed by atoms with van der Waals surface area (Å²) in [6, 6.07) is 39.3. The van der Waals surface area contributed by atoms with Gasteiger partial charge in [-0.15, -0.1) is 0 Å². The molecule has 5 nitrogen and oxygen atoms in total. The average Bonchev–Trinajstić information content (AvgIpc) is 3.41. The van der Waals surface area contributed by atoms with Crippen molar-refractivity contribution in [1.29, 1.82) is 0 Å². The first-order valence-corrected chi connectivity index (χ1v) is 18.6. The van der Waals surface area contributed by atoms with Crippen molar-refractivity contribution in [3.05, 3.63) is 128 Å². The van der Waals surface area contributed by atoms with Gasteiger partial charge in [-0.3, -0.25) is 4.98 Å². The van der Waals surface area contributed by atoms with Crippen molar-refractivity contribution in [3.63, 3.8) is 0 Å². The van der Waals surface area contributed by atoms with Gasteiger partial charge in [-0.25, -0.2) is 9.97 Å². The third-order valence-corrected chi connectivity index (χ3v) is 10.4. The third kappa shape index (κ3) is 5.34. The molecule has 0 aliphatic heterocycles. The van der Waals surface area contributed by atoms with Crippen molar-refractivity contribution in [2.24, 2.45) is 7.05 Å². The van der Waals surface area contributed by atoms with E-state index in [9.17, 15) is 5.11 Å². The van der Waals surface area contributed by atoms with Gasteiger partial charge in [-0.2, -0.15) is 0 Å². The Morgan fingerprint density at radius 3 is 1.96 bits per heavy atom. The zero-order valence-electron chi connectivity index (χ0n) is 25.9. The predicted octanol–water partition coefficient (Wildman–Crippen LogP) is 8.95. The monoisotopic (exact) mass is 602 g/mol. The first kappa shape index (κ1) is 28.4. The van der Waals surface area contributed by atoms with E-state index < -0.39 is 8.07 Å². The molecule has 0 aliphatic rings. The van der Waals surface area contributed by atoms with Gasteiger partial charge in [0.25, 0.3) is 0 Å². The van der Waals surface area contributed by atoms with Crippen LogP contribution in [-0.4, -0.2) is 32.7 Å². The lowest BCUT2D eigenvalue weighted by molar-refractivity contribution is 0.476. The summed E-state index contributed by atoms with van der Waals surface area (Å²) in [5, 5.41) is 12.0. The number of fused-ring (bicyclic) bond motifs is 1. The standard InChI is InChI=1S/C39H34N4OSi/c1-43-38(32-17-11-12-18-35(32)44)42-37-31(19-20-40-39(37)43)29-21-28(26-13-7-5-8-14-26)22-30(23-29)34-24-33(27-15-9-6-10-16-27)36(25-41-34)45(2,3)4/h5-25,44H,1-4H3. The molecule has 0 bridgehead atoms. The molecular formula is C39H34N4OSi. The number of aromatic nitrogens is 4. The molecule has 0 atom stereocenters. The molecule has 220 valence electrons. The summed E-state index contributed by atoms with van der Waals surface area (Å²) < 4.78 is 1.94. The van der Waals surface area contributed by atoms with Crippen LogP contribution in [0.25, 0.3) is 67.2 Å². The lowest BCUT2D eigenvalue weighted by atomic mass is 9.94. The molecule has 0 radical (unpaired) electrons. The Kier molecular flexibility index (Phi) is 7.14. The molecule has 3 heterocycles. The van der Waals surface area contributed by atoms with Gasteiger partial charge in [0.1, 0.15) is 17.1 Å². The Bertz CT molecular complexity index is 2170. The maximum Gasteiger partial charge on any atom is 0.160 e. The van der Waals surface area contributed by atoms with Crippen LogP contribution in [0.4, 0.5) is 0 Å². The summed E-state index contributed by atoms with van der Waals surface area (Å²) in [5.41, 5.74) is 10.8. The fraction of sp³-hybridized carbons (Fsp3) is 0.103. The third-order valence-electron chi connectivity index (χ3n) is 8.35. The highest BCUT2D eigenvalue weighted by molar-refractivity contribution is 6.89. The molecule has 45 heavy (non-hydrogen) atoms. The largest absolute Gasteiger partial charge is 0.507 e.